The van der Waals surface area contributed by atoms with Gasteiger partial charge in [0.15, 0.2) is 0 Å². The molecule has 17 heavy (non-hydrogen) atoms. The lowest BCUT2D eigenvalue weighted by atomic mass is 9.94. The summed E-state index contributed by atoms with van der Waals surface area (Å²) >= 11 is 0. The van der Waals surface area contributed by atoms with Gasteiger partial charge in [0.05, 0.1) is 31.1 Å². The number of rotatable bonds is 2. The predicted octanol–water partition coefficient (Wildman–Crippen LogP) is 1.82. The Hall–Kier alpha value is -1.81. The van der Waals surface area contributed by atoms with Gasteiger partial charge in [0.25, 0.3) is 0 Å². The number of nitrogens with zero attached hydrogens (tertiary/aromatic N) is 2. The first kappa shape index (κ1) is 10.4. The first-order chi connectivity index (χ1) is 8.34. The smallest absolute Gasteiger partial charge is 0.0843 e. The monoisotopic (exact) mass is 229 g/mol. The minimum Gasteiger partial charge on any atom is -0.396 e. The maximum Gasteiger partial charge on any atom is 0.0843 e. The quantitative estimate of drug-likeness (QED) is 0.854. The molecule has 0 aliphatic carbocycles. The molecular formula is C13H15N3O. The Balaban J connectivity index is 1.90. The van der Waals surface area contributed by atoms with E-state index in [-0.39, 0.29) is 6.04 Å². The SMILES string of the molecule is Nc1cnn(C2COCC2c2ccccc2)c1. The van der Waals surface area contributed by atoms with E-state index in [2.05, 4.69) is 29.4 Å². The molecule has 0 saturated carbocycles. The Morgan fingerprint density at radius 2 is 2.06 bits per heavy atom. The summed E-state index contributed by atoms with van der Waals surface area (Å²) in [5.74, 6) is 0.357. The lowest BCUT2D eigenvalue weighted by Crippen LogP contribution is -2.16. The maximum absolute atomic E-state index is 5.71. The number of nitrogens with two attached hydrogens (primary N) is 1. The fourth-order valence-electron chi connectivity index (χ4n) is 2.36. The molecular weight excluding hydrogens is 214 g/mol. The Bertz CT molecular complexity index is 494. The number of aromatic nitrogens is 2. The summed E-state index contributed by atoms with van der Waals surface area (Å²) in [7, 11) is 0. The fourth-order valence-corrected chi connectivity index (χ4v) is 2.36. The third-order valence-electron chi connectivity index (χ3n) is 3.24. The van der Waals surface area contributed by atoms with E-state index in [1.165, 1.54) is 5.56 Å². The highest BCUT2D eigenvalue weighted by atomic mass is 16.5. The molecule has 0 amide bonds. The van der Waals surface area contributed by atoms with Crippen molar-refractivity contribution < 1.29 is 4.74 Å². The predicted molar refractivity (Wildman–Crippen MR) is 65.7 cm³/mol. The molecule has 2 unspecified atom stereocenters. The number of nitrogen functional groups attached to an aromatic ring is 1. The first-order valence-corrected chi connectivity index (χ1v) is 5.77. The third kappa shape index (κ3) is 1.91. The molecule has 0 bridgehead atoms. The van der Waals surface area contributed by atoms with Crippen molar-refractivity contribution >= 4 is 5.69 Å². The van der Waals surface area contributed by atoms with Gasteiger partial charge >= 0.3 is 0 Å². The molecule has 88 valence electrons. The average molecular weight is 229 g/mol. The summed E-state index contributed by atoms with van der Waals surface area (Å²) in [6.07, 6.45) is 3.55. The Kier molecular flexibility index (Phi) is 2.57. The van der Waals surface area contributed by atoms with Gasteiger partial charge in [-0.05, 0) is 5.56 Å². The minimum absolute atomic E-state index is 0.245. The topological polar surface area (TPSA) is 53.1 Å². The van der Waals surface area contributed by atoms with Crippen LogP contribution in [0.1, 0.15) is 17.5 Å². The van der Waals surface area contributed by atoms with E-state index < -0.39 is 0 Å². The molecule has 1 fully saturated rings. The second-order valence-electron chi connectivity index (χ2n) is 4.38. The largest absolute Gasteiger partial charge is 0.396 e. The first-order valence-electron chi connectivity index (χ1n) is 5.77. The number of hydrogen-bond acceptors (Lipinski definition) is 3. The highest BCUT2D eigenvalue weighted by Crippen LogP contribution is 2.34. The van der Waals surface area contributed by atoms with Gasteiger partial charge in [-0.15, -0.1) is 0 Å². The van der Waals surface area contributed by atoms with Gasteiger partial charge in [-0.3, -0.25) is 4.68 Å². The van der Waals surface area contributed by atoms with Crippen molar-refractivity contribution in [2.24, 2.45) is 0 Å². The number of benzene rings is 1. The summed E-state index contributed by atoms with van der Waals surface area (Å²) in [6.45, 7) is 1.44. The molecule has 1 aromatic heterocycles. The second kappa shape index (κ2) is 4.22. The summed E-state index contributed by atoms with van der Waals surface area (Å²) in [4.78, 5) is 0. The van der Waals surface area contributed by atoms with Gasteiger partial charge in [0, 0.05) is 12.1 Å². The van der Waals surface area contributed by atoms with E-state index >= 15 is 0 Å². The Morgan fingerprint density at radius 3 is 2.76 bits per heavy atom. The summed E-state index contributed by atoms with van der Waals surface area (Å²) < 4.78 is 7.50. The Labute approximate surface area is 100 Å². The lowest BCUT2D eigenvalue weighted by Gasteiger charge is -2.18. The number of ether oxygens (including phenoxy) is 1. The molecule has 4 nitrogen and oxygen atoms in total. The van der Waals surface area contributed by atoms with Crippen LogP contribution in [0.15, 0.2) is 42.7 Å². The Morgan fingerprint density at radius 1 is 1.24 bits per heavy atom. The summed E-state index contributed by atoms with van der Waals surface area (Å²) in [5, 5.41) is 4.29. The zero-order chi connectivity index (χ0) is 11.7. The van der Waals surface area contributed by atoms with E-state index in [1.54, 1.807) is 6.20 Å². The van der Waals surface area contributed by atoms with Crippen molar-refractivity contribution in [3.8, 4) is 0 Å². The van der Waals surface area contributed by atoms with Crippen LogP contribution < -0.4 is 5.73 Å². The number of hydrogen-bond donors (Lipinski definition) is 1. The van der Waals surface area contributed by atoms with Crippen molar-refractivity contribution in [1.29, 1.82) is 0 Å². The molecule has 0 spiro atoms. The van der Waals surface area contributed by atoms with E-state index in [9.17, 15) is 0 Å². The van der Waals surface area contributed by atoms with Crippen LogP contribution in [0.3, 0.4) is 0 Å². The second-order valence-corrected chi connectivity index (χ2v) is 4.38. The molecule has 2 atom stereocenters. The fraction of sp³-hybridized carbons (Fsp3) is 0.308. The lowest BCUT2D eigenvalue weighted by molar-refractivity contribution is 0.183. The van der Waals surface area contributed by atoms with Gasteiger partial charge < -0.3 is 10.5 Å². The van der Waals surface area contributed by atoms with Crippen molar-refractivity contribution in [2.75, 3.05) is 18.9 Å². The summed E-state index contributed by atoms with van der Waals surface area (Å²) in [6, 6.07) is 10.7. The van der Waals surface area contributed by atoms with Gasteiger partial charge in [-0.25, -0.2) is 0 Å². The van der Waals surface area contributed by atoms with Crippen LogP contribution in [0.25, 0.3) is 0 Å². The zero-order valence-corrected chi connectivity index (χ0v) is 9.49. The molecule has 2 heterocycles. The van der Waals surface area contributed by atoms with Crippen LogP contribution in [-0.2, 0) is 4.74 Å². The van der Waals surface area contributed by atoms with Crippen molar-refractivity contribution in [1.82, 2.24) is 9.78 Å². The summed E-state index contributed by atoms with van der Waals surface area (Å²) in [5.41, 5.74) is 7.70. The molecule has 0 radical (unpaired) electrons. The normalized spacial score (nSPS) is 24.0. The highest BCUT2D eigenvalue weighted by Gasteiger charge is 2.31. The van der Waals surface area contributed by atoms with Crippen LogP contribution in [0, 0.1) is 0 Å². The van der Waals surface area contributed by atoms with Gasteiger partial charge in [-0.2, -0.15) is 5.10 Å². The van der Waals surface area contributed by atoms with Crippen LogP contribution >= 0.6 is 0 Å². The highest BCUT2D eigenvalue weighted by molar-refractivity contribution is 5.31. The molecule has 1 aromatic carbocycles. The van der Waals surface area contributed by atoms with E-state index in [0.717, 1.165) is 6.61 Å². The van der Waals surface area contributed by atoms with E-state index in [1.807, 2.05) is 16.9 Å². The average Bonchev–Trinajstić information content (AvgIpc) is 2.98. The third-order valence-corrected chi connectivity index (χ3v) is 3.24. The molecule has 1 saturated heterocycles. The van der Waals surface area contributed by atoms with Gasteiger partial charge in [0.1, 0.15) is 0 Å². The molecule has 4 heteroatoms. The number of anilines is 1. The van der Waals surface area contributed by atoms with Crippen LogP contribution in [0.5, 0.6) is 0 Å². The van der Waals surface area contributed by atoms with E-state index in [0.29, 0.717) is 18.2 Å². The molecule has 3 rings (SSSR count). The van der Waals surface area contributed by atoms with Crippen molar-refractivity contribution in [3.05, 3.63) is 48.3 Å². The van der Waals surface area contributed by atoms with Crippen LogP contribution in [-0.4, -0.2) is 23.0 Å². The molecule has 1 aliphatic rings. The van der Waals surface area contributed by atoms with Crippen LogP contribution in [0.2, 0.25) is 0 Å². The van der Waals surface area contributed by atoms with Gasteiger partial charge in [0.2, 0.25) is 0 Å². The van der Waals surface area contributed by atoms with Crippen molar-refractivity contribution in [2.45, 2.75) is 12.0 Å². The van der Waals surface area contributed by atoms with E-state index in [4.69, 9.17) is 10.5 Å². The molecule has 2 aromatic rings. The van der Waals surface area contributed by atoms with Gasteiger partial charge in [-0.1, -0.05) is 30.3 Å². The standard InChI is InChI=1S/C13H15N3O/c14-11-6-15-16(7-11)13-9-17-8-12(13)10-4-2-1-3-5-10/h1-7,12-13H,8-9,14H2. The zero-order valence-electron chi connectivity index (χ0n) is 9.49. The molecule has 1 aliphatic heterocycles. The minimum atomic E-state index is 0.245. The molecule has 2 N–H and O–H groups in total. The van der Waals surface area contributed by atoms with Crippen LogP contribution in [0.4, 0.5) is 5.69 Å². The van der Waals surface area contributed by atoms with Crippen molar-refractivity contribution in [3.63, 3.8) is 0 Å². The maximum atomic E-state index is 5.71.